The first kappa shape index (κ1) is 17.1. The van der Waals surface area contributed by atoms with Crippen molar-refractivity contribution < 1.29 is 9.59 Å². The zero-order valence-electron chi connectivity index (χ0n) is 13.8. The van der Waals surface area contributed by atoms with E-state index >= 15 is 0 Å². The van der Waals surface area contributed by atoms with Crippen molar-refractivity contribution in [2.24, 2.45) is 0 Å². The predicted molar refractivity (Wildman–Crippen MR) is 92.5 cm³/mol. The molecule has 0 unspecified atom stereocenters. The summed E-state index contributed by atoms with van der Waals surface area (Å²) >= 11 is 0. The Morgan fingerprint density at radius 3 is 2.83 bits per heavy atom. The molecule has 5 heteroatoms. The average Bonchev–Trinajstić information content (AvgIpc) is 2.95. The first-order chi connectivity index (χ1) is 11.0. The maximum atomic E-state index is 13.0. The molecule has 1 aliphatic rings. The van der Waals surface area contributed by atoms with E-state index in [4.69, 9.17) is 0 Å². The number of anilines is 1. The molecule has 0 radical (unpaired) electrons. The maximum Gasteiger partial charge on any atom is 0.256 e. The molecule has 1 aromatic rings. The van der Waals surface area contributed by atoms with Crippen LogP contribution in [0.15, 0.2) is 36.9 Å². The molecular weight excluding hydrogens is 290 g/mol. The average molecular weight is 315 g/mol. The highest BCUT2D eigenvalue weighted by Crippen LogP contribution is 2.20. The Kier molecular flexibility index (Phi) is 5.79. The number of nitrogens with zero attached hydrogens (tertiary/aromatic N) is 1. The molecule has 5 nitrogen and oxygen atoms in total. The summed E-state index contributed by atoms with van der Waals surface area (Å²) in [6.45, 7) is 8.82. The van der Waals surface area contributed by atoms with Crippen LogP contribution in [0.5, 0.6) is 0 Å². The van der Waals surface area contributed by atoms with Crippen LogP contribution in [0.25, 0.3) is 0 Å². The molecule has 1 heterocycles. The minimum Gasteiger partial charge on any atom is -0.381 e. The molecule has 0 bridgehead atoms. The number of para-hydroxylation sites is 1. The zero-order valence-corrected chi connectivity index (χ0v) is 13.8. The van der Waals surface area contributed by atoms with Gasteiger partial charge in [0.2, 0.25) is 5.91 Å². The van der Waals surface area contributed by atoms with E-state index in [0.29, 0.717) is 25.1 Å². The van der Waals surface area contributed by atoms with Crippen molar-refractivity contribution in [2.45, 2.75) is 38.8 Å². The molecule has 0 spiro atoms. The molecule has 1 atom stereocenters. The van der Waals surface area contributed by atoms with Gasteiger partial charge in [-0.2, -0.15) is 0 Å². The van der Waals surface area contributed by atoms with Gasteiger partial charge in [-0.15, -0.1) is 6.58 Å². The summed E-state index contributed by atoms with van der Waals surface area (Å²) in [7, 11) is 0. The van der Waals surface area contributed by atoms with Crippen LogP contribution in [-0.2, 0) is 4.79 Å². The Hall–Kier alpha value is -2.30. The quantitative estimate of drug-likeness (QED) is 0.760. The Morgan fingerprint density at radius 2 is 2.22 bits per heavy atom. The van der Waals surface area contributed by atoms with E-state index in [1.54, 1.807) is 6.08 Å². The normalized spacial score (nSPS) is 17.0. The summed E-state index contributed by atoms with van der Waals surface area (Å²) < 4.78 is 0. The molecule has 124 valence electrons. The van der Waals surface area contributed by atoms with Gasteiger partial charge in [0.1, 0.15) is 0 Å². The van der Waals surface area contributed by atoms with E-state index in [0.717, 1.165) is 12.1 Å². The van der Waals surface area contributed by atoms with Crippen LogP contribution >= 0.6 is 0 Å². The van der Waals surface area contributed by atoms with Crippen LogP contribution in [0.1, 0.15) is 37.0 Å². The van der Waals surface area contributed by atoms with Crippen molar-refractivity contribution in [3.8, 4) is 0 Å². The fourth-order valence-electron chi connectivity index (χ4n) is 2.74. The minimum absolute atomic E-state index is 0.0201. The molecule has 1 aromatic carbocycles. The van der Waals surface area contributed by atoms with Gasteiger partial charge in [0, 0.05) is 37.3 Å². The van der Waals surface area contributed by atoms with Crippen LogP contribution < -0.4 is 10.6 Å². The van der Waals surface area contributed by atoms with Crippen LogP contribution in [0, 0.1) is 0 Å². The van der Waals surface area contributed by atoms with Crippen molar-refractivity contribution in [2.75, 3.05) is 18.4 Å². The third-order valence-electron chi connectivity index (χ3n) is 3.98. The summed E-state index contributed by atoms with van der Waals surface area (Å²) in [5.41, 5.74) is 1.45. The van der Waals surface area contributed by atoms with E-state index in [1.807, 2.05) is 43.0 Å². The molecule has 1 saturated heterocycles. The number of hydrogen-bond donors (Lipinski definition) is 2. The Labute approximate surface area is 137 Å². The number of nitrogens with one attached hydrogen (secondary N) is 2. The lowest BCUT2D eigenvalue weighted by molar-refractivity contribution is -0.119. The summed E-state index contributed by atoms with van der Waals surface area (Å²) in [5.74, 6) is 0.0486. The third-order valence-corrected chi connectivity index (χ3v) is 3.98. The van der Waals surface area contributed by atoms with E-state index in [-0.39, 0.29) is 23.9 Å². The number of rotatable bonds is 7. The van der Waals surface area contributed by atoms with E-state index in [1.165, 1.54) is 0 Å². The first-order valence-electron chi connectivity index (χ1n) is 8.07. The summed E-state index contributed by atoms with van der Waals surface area (Å²) in [6.07, 6.45) is 3.09. The first-order valence-corrected chi connectivity index (χ1v) is 8.07. The number of amides is 2. The van der Waals surface area contributed by atoms with Crippen molar-refractivity contribution in [3.05, 3.63) is 42.5 Å². The summed E-state index contributed by atoms with van der Waals surface area (Å²) in [4.78, 5) is 26.2. The lowest BCUT2D eigenvalue weighted by Gasteiger charge is -2.30. The molecule has 0 aromatic heterocycles. The van der Waals surface area contributed by atoms with Gasteiger partial charge in [-0.25, -0.2) is 0 Å². The fraction of sp³-hybridized carbons (Fsp3) is 0.444. The van der Waals surface area contributed by atoms with Crippen LogP contribution in [-0.4, -0.2) is 41.9 Å². The summed E-state index contributed by atoms with van der Waals surface area (Å²) in [6, 6.07) is 7.60. The molecule has 2 N–H and O–H groups in total. The van der Waals surface area contributed by atoms with Crippen molar-refractivity contribution in [1.82, 2.24) is 10.2 Å². The van der Waals surface area contributed by atoms with Crippen LogP contribution in [0.2, 0.25) is 0 Å². The largest absolute Gasteiger partial charge is 0.381 e. The van der Waals surface area contributed by atoms with Crippen LogP contribution in [0.3, 0.4) is 0 Å². The molecular formula is C18H25N3O2. The van der Waals surface area contributed by atoms with Gasteiger partial charge in [0.25, 0.3) is 5.91 Å². The second-order valence-corrected chi connectivity index (χ2v) is 6.07. The van der Waals surface area contributed by atoms with Gasteiger partial charge < -0.3 is 15.5 Å². The van der Waals surface area contributed by atoms with E-state index < -0.39 is 0 Å². The zero-order chi connectivity index (χ0) is 16.8. The Bertz CT molecular complexity index is 583. The van der Waals surface area contributed by atoms with Gasteiger partial charge in [0.05, 0.1) is 5.56 Å². The summed E-state index contributed by atoms with van der Waals surface area (Å²) in [5, 5.41) is 6.14. The van der Waals surface area contributed by atoms with E-state index in [2.05, 4.69) is 17.2 Å². The molecule has 23 heavy (non-hydrogen) atoms. The second-order valence-electron chi connectivity index (χ2n) is 6.07. The standard InChI is InChI=1S/C18H25N3O2/c1-4-11-19-16-8-6-5-7-15(16)18(23)21(13(2)3)12-14-9-10-17(22)20-14/h4-8,13-14,19H,1,9-12H2,2-3H3,(H,20,22)/t14-/m0/s1. The van der Waals surface area contributed by atoms with Gasteiger partial charge in [0.15, 0.2) is 0 Å². The lowest BCUT2D eigenvalue weighted by atomic mass is 10.1. The highest BCUT2D eigenvalue weighted by Gasteiger charge is 2.28. The third kappa shape index (κ3) is 4.34. The predicted octanol–water partition coefficient (Wildman–Crippen LogP) is 2.41. The number of benzene rings is 1. The van der Waals surface area contributed by atoms with Gasteiger partial charge in [-0.05, 0) is 32.4 Å². The molecule has 2 rings (SSSR count). The molecule has 0 saturated carbocycles. The van der Waals surface area contributed by atoms with Gasteiger partial charge >= 0.3 is 0 Å². The SMILES string of the molecule is C=CCNc1ccccc1C(=O)N(C[C@@H]1CCC(=O)N1)C(C)C. The number of hydrogen-bond acceptors (Lipinski definition) is 3. The fourth-order valence-corrected chi connectivity index (χ4v) is 2.74. The molecule has 0 aliphatic carbocycles. The van der Waals surface area contributed by atoms with Gasteiger partial charge in [-0.1, -0.05) is 18.2 Å². The molecule has 2 amide bonds. The highest BCUT2D eigenvalue weighted by atomic mass is 16.2. The number of carbonyl (C=O) groups is 2. The van der Waals surface area contributed by atoms with E-state index in [9.17, 15) is 9.59 Å². The Balaban J connectivity index is 2.17. The topological polar surface area (TPSA) is 61.4 Å². The lowest BCUT2D eigenvalue weighted by Crippen LogP contribution is -2.45. The van der Waals surface area contributed by atoms with Gasteiger partial charge in [-0.3, -0.25) is 9.59 Å². The second kappa shape index (κ2) is 7.81. The Morgan fingerprint density at radius 1 is 1.48 bits per heavy atom. The van der Waals surface area contributed by atoms with Crippen molar-refractivity contribution in [3.63, 3.8) is 0 Å². The van der Waals surface area contributed by atoms with Crippen molar-refractivity contribution >= 4 is 17.5 Å². The monoisotopic (exact) mass is 315 g/mol. The van der Waals surface area contributed by atoms with Crippen molar-refractivity contribution in [1.29, 1.82) is 0 Å². The maximum absolute atomic E-state index is 13.0. The highest BCUT2D eigenvalue weighted by molar-refractivity contribution is 5.99. The molecule has 1 fully saturated rings. The molecule has 1 aliphatic heterocycles. The smallest absolute Gasteiger partial charge is 0.256 e. The van der Waals surface area contributed by atoms with Crippen LogP contribution in [0.4, 0.5) is 5.69 Å². The minimum atomic E-state index is -0.0201. The number of carbonyl (C=O) groups excluding carboxylic acids is 2.